The molecule has 146 valence electrons. The van der Waals surface area contributed by atoms with Crippen LogP contribution in [0.5, 0.6) is 0 Å². The minimum Gasteiger partial charge on any atom is -0.350 e. The van der Waals surface area contributed by atoms with Crippen LogP contribution >= 0.6 is 0 Å². The summed E-state index contributed by atoms with van der Waals surface area (Å²) >= 11 is 0. The summed E-state index contributed by atoms with van der Waals surface area (Å²) in [5.74, 6) is 1.01. The van der Waals surface area contributed by atoms with Gasteiger partial charge in [-0.25, -0.2) is 14.5 Å². The van der Waals surface area contributed by atoms with Crippen LogP contribution in [-0.2, 0) is 0 Å². The number of fused-ring (bicyclic) bond motifs is 2. The van der Waals surface area contributed by atoms with Crippen molar-refractivity contribution in [1.29, 1.82) is 0 Å². The Bertz CT molecular complexity index is 1090. The van der Waals surface area contributed by atoms with Crippen LogP contribution in [-0.4, -0.2) is 31.3 Å². The van der Waals surface area contributed by atoms with E-state index in [0.29, 0.717) is 23.3 Å². The number of hydrogen-bond acceptors (Lipinski definition) is 5. The van der Waals surface area contributed by atoms with E-state index < -0.39 is 0 Å². The van der Waals surface area contributed by atoms with Gasteiger partial charge in [-0.15, -0.1) is 5.10 Å². The highest BCUT2D eigenvalue weighted by molar-refractivity contribution is 5.96. The first-order chi connectivity index (χ1) is 13.4. The highest BCUT2D eigenvalue weighted by Gasteiger charge is 2.36. The van der Waals surface area contributed by atoms with Crippen LogP contribution < -0.4 is 5.32 Å². The third kappa shape index (κ3) is 2.79. The van der Waals surface area contributed by atoms with Crippen molar-refractivity contribution in [1.82, 2.24) is 19.6 Å². The second-order valence-electron chi connectivity index (χ2n) is 8.87. The molecule has 1 atom stereocenters. The fourth-order valence-electron chi connectivity index (χ4n) is 4.66. The Morgan fingerprint density at radius 2 is 2.07 bits per heavy atom. The molecule has 5 rings (SSSR count). The summed E-state index contributed by atoms with van der Waals surface area (Å²) in [6.45, 7) is 8.88. The topological polar surface area (TPSA) is 67.5 Å². The maximum absolute atomic E-state index is 4.96. The lowest BCUT2D eigenvalue weighted by Crippen LogP contribution is -2.41. The molecular formula is C22H28N6. The first-order valence-corrected chi connectivity index (χ1v) is 10.1. The van der Waals surface area contributed by atoms with Crippen molar-refractivity contribution in [2.24, 2.45) is 10.4 Å². The van der Waals surface area contributed by atoms with Crippen molar-refractivity contribution in [3.05, 3.63) is 36.3 Å². The Hall–Kier alpha value is -2.76. The molecule has 28 heavy (non-hydrogen) atoms. The summed E-state index contributed by atoms with van der Waals surface area (Å²) in [5.41, 5.74) is 6.65. The Morgan fingerprint density at radius 3 is 2.82 bits per heavy atom. The third-order valence-corrected chi connectivity index (χ3v) is 6.07. The van der Waals surface area contributed by atoms with E-state index in [4.69, 9.17) is 4.98 Å². The predicted octanol–water partition coefficient (Wildman–Crippen LogP) is 5.24. The average Bonchev–Trinajstić information content (AvgIpc) is 3.19. The van der Waals surface area contributed by atoms with Crippen LogP contribution in [0.2, 0.25) is 0 Å². The van der Waals surface area contributed by atoms with E-state index in [1.165, 1.54) is 0 Å². The number of aliphatic imine (C=N–C) groups is 1. The van der Waals surface area contributed by atoms with Crippen LogP contribution in [0.4, 0.5) is 11.6 Å². The quantitative estimate of drug-likeness (QED) is 0.676. The van der Waals surface area contributed by atoms with Crippen molar-refractivity contribution in [2.75, 3.05) is 5.32 Å². The molecule has 1 aliphatic carbocycles. The van der Waals surface area contributed by atoms with Crippen molar-refractivity contribution >= 4 is 22.9 Å². The van der Waals surface area contributed by atoms with Gasteiger partial charge >= 0.3 is 0 Å². The molecule has 0 radical (unpaired) electrons. The molecule has 0 aromatic carbocycles. The van der Waals surface area contributed by atoms with Crippen LogP contribution in [0.3, 0.4) is 0 Å². The Balaban J connectivity index is 0.00000205. The molecule has 3 aromatic rings. The van der Waals surface area contributed by atoms with Gasteiger partial charge in [-0.1, -0.05) is 20.8 Å². The molecule has 6 nitrogen and oxygen atoms in total. The molecule has 0 amide bonds. The summed E-state index contributed by atoms with van der Waals surface area (Å²) in [6, 6.07) is 6.66. The lowest BCUT2D eigenvalue weighted by atomic mass is 9.68. The molecule has 1 N–H and O–H groups in total. The standard InChI is InChI=1S/C22H26N6.H2/c1-5-15-13(2)24-18-7-6-17(26-20(15)18)16-8-9-28-19(16)12-23-21(27-28)25-14-10-22(3,4)11-14;/h6-9,12,14-15H,5,10-11H2,1-4H3,(H,25,27);1H. The van der Waals surface area contributed by atoms with Crippen LogP contribution in [0.1, 0.15) is 60.0 Å². The van der Waals surface area contributed by atoms with Gasteiger partial charge in [-0.3, -0.25) is 4.99 Å². The molecule has 0 saturated heterocycles. The fraction of sp³-hybridized carbons (Fsp3) is 0.455. The molecule has 0 bridgehead atoms. The molecule has 6 heteroatoms. The lowest BCUT2D eigenvalue weighted by molar-refractivity contribution is 0.167. The number of anilines is 1. The second kappa shape index (κ2) is 6.12. The first kappa shape index (κ1) is 17.3. The van der Waals surface area contributed by atoms with E-state index in [1.54, 1.807) is 0 Å². The van der Waals surface area contributed by atoms with E-state index in [-0.39, 0.29) is 1.43 Å². The predicted molar refractivity (Wildman–Crippen MR) is 115 cm³/mol. The Morgan fingerprint density at radius 1 is 1.25 bits per heavy atom. The van der Waals surface area contributed by atoms with Gasteiger partial charge in [0.25, 0.3) is 0 Å². The molecular weight excluding hydrogens is 348 g/mol. The monoisotopic (exact) mass is 376 g/mol. The first-order valence-electron chi connectivity index (χ1n) is 10.1. The third-order valence-electron chi connectivity index (χ3n) is 6.07. The number of rotatable bonds is 4. The highest BCUT2D eigenvalue weighted by atomic mass is 15.3. The van der Waals surface area contributed by atoms with Crippen molar-refractivity contribution in [2.45, 2.75) is 58.9 Å². The molecule has 0 spiro atoms. The van der Waals surface area contributed by atoms with Gasteiger partial charge in [0.1, 0.15) is 0 Å². The van der Waals surface area contributed by atoms with E-state index in [0.717, 1.165) is 53.1 Å². The largest absolute Gasteiger partial charge is 0.350 e. The molecule has 2 aliphatic rings. The van der Waals surface area contributed by atoms with Gasteiger partial charge in [0, 0.05) is 30.9 Å². The number of aromatic nitrogens is 4. The van der Waals surface area contributed by atoms with Crippen LogP contribution in [0, 0.1) is 5.41 Å². The zero-order valence-electron chi connectivity index (χ0n) is 16.9. The smallest absolute Gasteiger partial charge is 0.241 e. The van der Waals surface area contributed by atoms with Gasteiger partial charge in [-0.2, -0.15) is 0 Å². The van der Waals surface area contributed by atoms with E-state index in [1.807, 2.05) is 23.0 Å². The fourth-order valence-corrected chi connectivity index (χ4v) is 4.66. The summed E-state index contributed by atoms with van der Waals surface area (Å²) in [7, 11) is 0. The minimum atomic E-state index is 0. The van der Waals surface area contributed by atoms with Gasteiger partial charge in [0.05, 0.1) is 28.8 Å². The lowest BCUT2D eigenvalue weighted by Gasteiger charge is -2.42. The normalized spacial score (nSPS) is 20.7. The van der Waals surface area contributed by atoms with Crippen molar-refractivity contribution in [3.8, 4) is 11.3 Å². The second-order valence-corrected chi connectivity index (χ2v) is 8.87. The average molecular weight is 377 g/mol. The van der Waals surface area contributed by atoms with Gasteiger partial charge in [-0.05, 0) is 49.8 Å². The van der Waals surface area contributed by atoms with E-state index in [2.05, 4.69) is 60.2 Å². The molecule has 1 aliphatic heterocycles. The highest BCUT2D eigenvalue weighted by Crippen LogP contribution is 2.41. The summed E-state index contributed by atoms with van der Waals surface area (Å²) in [5, 5.41) is 8.10. The molecule has 4 heterocycles. The maximum Gasteiger partial charge on any atom is 0.241 e. The SMILES string of the molecule is CCC1C(C)=Nc2ccc(-c3ccn4nc(NC5CC(C)(C)C5)ncc34)nc21.[HH]. The minimum absolute atomic E-state index is 0. The Labute approximate surface area is 166 Å². The maximum atomic E-state index is 4.96. The van der Waals surface area contributed by atoms with Crippen molar-refractivity contribution < 1.29 is 1.43 Å². The number of nitrogens with one attached hydrogen (secondary N) is 1. The van der Waals surface area contributed by atoms with Crippen LogP contribution in [0.15, 0.2) is 35.6 Å². The molecule has 1 unspecified atom stereocenters. The molecule has 1 fully saturated rings. The Kier molecular flexibility index (Phi) is 3.79. The zero-order chi connectivity index (χ0) is 19.5. The van der Waals surface area contributed by atoms with Gasteiger partial charge < -0.3 is 5.32 Å². The van der Waals surface area contributed by atoms with E-state index in [9.17, 15) is 0 Å². The number of hydrogen-bond donors (Lipinski definition) is 1. The van der Waals surface area contributed by atoms with Crippen molar-refractivity contribution in [3.63, 3.8) is 0 Å². The molecule has 3 aromatic heterocycles. The van der Waals surface area contributed by atoms with Gasteiger partial charge in [0.15, 0.2) is 0 Å². The summed E-state index contributed by atoms with van der Waals surface area (Å²) in [6.07, 6.45) is 7.21. The van der Waals surface area contributed by atoms with Crippen LogP contribution in [0.25, 0.3) is 16.8 Å². The number of pyridine rings is 1. The summed E-state index contributed by atoms with van der Waals surface area (Å²) in [4.78, 5) is 14.2. The van der Waals surface area contributed by atoms with E-state index >= 15 is 0 Å². The summed E-state index contributed by atoms with van der Waals surface area (Å²) < 4.78 is 1.89. The molecule has 1 saturated carbocycles. The van der Waals surface area contributed by atoms with Gasteiger partial charge in [0.2, 0.25) is 5.95 Å². The number of nitrogens with zero attached hydrogens (tertiary/aromatic N) is 5. The zero-order valence-corrected chi connectivity index (χ0v) is 16.9.